The average molecular weight is 196 g/mol. The van der Waals surface area contributed by atoms with Crippen LogP contribution in [-0.4, -0.2) is 15.0 Å². The number of carbonyl (C=O) groups excluding carboxylic acids is 1. The Bertz CT molecular complexity index is 302. The van der Waals surface area contributed by atoms with Crippen molar-refractivity contribution >= 4 is 16.9 Å². The fourth-order valence-electron chi connectivity index (χ4n) is 1.02. The third kappa shape index (κ3) is 2.25. The number of aliphatic hydroxyl groups is 1. The fraction of sp³-hybridized carbons (Fsp3) is 0.300. The molecule has 0 fully saturated rings. The highest BCUT2D eigenvalue weighted by Crippen LogP contribution is 2.39. The summed E-state index contributed by atoms with van der Waals surface area (Å²) in [7, 11) is 0. The molecule has 0 amide bonds. The predicted molar refractivity (Wildman–Crippen MR) is 55.7 cm³/mol. The van der Waals surface area contributed by atoms with Gasteiger partial charge in [0.15, 0.2) is 0 Å². The second-order valence-electron chi connectivity index (χ2n) is 2.94. The standard InChI is InChI=1S/C10H12O2S/c1-3-4-5-6-10(2)8(11)7-9(12)13-10/h3-7,11H,1-2H3/b4-3+,6-5+/t10-/m1/s1. The van der Waals surface area contributed by atoms with Crippen LogP contribution in [0.5, 0.6) is 0 Å². The van der Waals surface area contributed by atoms with E-state index in [-0.39, 0.29) is 10.9 Å². The van der Waals surface area contributed by atoms with Crippen molar-refractivity contribution in [3.8, 4) is 0 Å². The number of hydrogen-bond donors (Lipinski definition) is 1. The Balaban J connectivity index is 2.79. The molecule has 1 heterocycles. The molecular formula is C10H12O2S. The molecule has 1 aliphatic rings. The van der Waals surface area contributed by atoms with Gasteiger partial charge in [-0.05, 0) is 13.8 Å². The van der Waals surface area contributed by atoms with Gasteiger partial charge in [0.2, 0.25) is 5.12 Å². The first-order valence-electron chi connectivity index (χ1n) is 4.03. The van der Waals surface area contributed by atoms with E-state index in [9.17, 15) is 9.90 Å². The minimum Gasteiger partial charge on any atom is -0.510 e. The van der Waals surface area contributed by atoms with Gasteiger partial charge in [-0.3, -0.25) is 4.79 Å². The van der Waals surface area contributed by atoms with Crippen LogP contribution in [0.1, 0.15) is 13.8 Å². The van der Waals surface area contributed by atoms with E-state index in [4.69, 9.17) is 0 Å². The van der Waals surface area contributed by atoms with Crippen molar-refractivity contribution in [2.75, 3.05) is 0 Å². The van der Waals surface area contributed by atoms with Gasteiger partial charge < -0.3 is 5.11 Å². The summed E-state index contributed by atoms with van der Waals surface area (Å²) in [5, 5.41) is 9.37. The third-order valence-corrected chi connectivity index (χ3v) is 2.88. The molecule has 0 bridgehead atoms. The van der Waals surface area contributed by atoms with Crippen LogP contribution in [0.15, 0.2) is 36.1 Å². The summed E-state index contributed by atoms with van der Waals surface area (Å²) in [5.74, 6) is 0.128. The largest absolute Gasteiger partial charge is 0.510 e. The summed E-state index contributed by atoms with van der Waals surface area (Å²) in [4.78, 5) is 11.0. The van der Waals surface area contributed by atoms with E-state index in [1.165, 1.54) is 6.08 Å². The van der Waals surface area contributed by atoms with E-state index in [0.717, 1.165) is 11.8 Å². The second-order valence-corrected chi connectivity index (χ2v) is 4.40. The van der Waals surface area contributed by atoms with Crippen LogP contribution in [0, 0.1) is 0 Å². The molecule has 0 aliphatic carbocycles. The molecule has 70 valence electrons. The van der Waals surface area contributed by atoms with Crippen molar-refractivity contribution in [2.45, 2.75) is 18.6 Å². The van der Waals surface area contributed by atoms with Crippen LogP contribution in [0.25, 0.3) is 0 Å². The maximum atomic E-state index is 11.0. The number of rotatable bonds is 2. The van der Waals surface area contributed by atoms with Crippen LogP contribution >= 0.6 is 11.8 Å². The van der Waals surface area contributed by atoms with Gasteiger partial charge >= 0.3 is 0 Å². The topological polar surface area (TPSA) is 37.3 Å². The molecule has 0 saturated heterocycles. The molecular weight excluding hydrogens is 184 g/mol. The van der Waals surface area contributed by atoms with Crippen molar-refractivity contribution in [3.05, 3.63) is 36.1 Å². The quantitative estimate of drug-likeness (QED) is 0.690. The van der Waals surface area contributed by atoms with Crippen molar-refractivity contribution in [1.82, 2.24) is 0 Å². The monoisotopic (exact) mass is 196 g/mol. The molecule has 2 nitrogen and oxygen atoms in total. The van der Waals surface area contributed by atoms with Crippen molar-refractivity contribution in [1.29, 1.82) is 0 Å². The van der Waals surface area contributed by atoms with Gasteiger partial charge in [0.1, 0.15) is 5.76 Å². The Labute approximate surface area is 82.0 Å². The maximum Gasteiger partial charge on any atom is 0.216 e. The lowest BCUT2D eigenvalue weighted by atomic mass is 10.1. The lowest BCUT2D eigenvalue weighted by Crippen LogP contribution is -2.16. The summed E-state index contributed by atoms with van der Waals surface area (Å²) in [6.45, 7) is 3.73. The number of thioether (sulfide) groups is 1. The van der Waals surface area contributed by atoms with E-state index < -0.39 is 4.75 Å². The second kappa shape index (κ2) is 3.83. The highest BCUT2D eigenvalue weighted by atomic mass is 32.2. The zero-order valence-corrected chi connectivity index (χ0v) is 8.47. The highest BCUT2D eigenvalue weighted by molar-refractivity contribution is 8.15. The van der Waals surface area contributed by atoms with E-state index in [1.807, 2.05) is 38.2 Å². The van der Waals surface area contributed by atoms with E-state index >= 15 is 0 Å². The summed E-state index contributed by atoms with van der Waals surface area (Å²) in [5.41, 5.74) is 0. The van der Waals surface area contributed by atoms with Crippen LogP contribution in [0.2, 0.25) is 0 Å². The van der Waals surface area contributed by atoms with Gasteiger partial charge in [-0.15, -0.1) is 0 Å². The van der Waals surface area contributed by atoms with Gasteiger partial charge in [-0.25, -0.2) is 0 Å². The smallest absolute Gasteiger partial charge is 0.216 e. The molecule has 0 saturated carbocycles. The Morgan fingerprint density at radius 1 is 1.54 bits per heavy atom. The zero-order chi connectivity index (χ0) is 9.90. The Kier molecular flexibility index (Phi) is 2.98. The molecule has 1 N–H and O–H groups in total. The van der Waals surface area contributed by atoms with Crippen molar-refractivity contribution in [3.63, 3.8) is 0 Å². The van der Waals surface area contributed by atoms with Crippen LogP contribution in [0.3, 0.4) is 0 Å². The summed E-state index contributed by atoms with van der Waals surface area (Å²) in [6, 6.07) is 0. The van der Waals surface area contributed by atoms with Crippen molar-refractivity contribution in [2.24, 2.45) is 0 Å². The number of aliphatic hydroxyl groups excluding tert-OH is 1. The normalized spacial score (nSPS) is 29.1. The van der Waals surface area contributed by atoms with Gasteiger partial charge in [0.05, 0.1) is 4.75 Å². The number of allylic oxidation sites excluding steroid dienone is 3. The van der Waals surface area contributed by atoms with Crippen molar-refractivity contribution < 1.29 is 9.90 Å². The SMILES string of the molecule is C/C=C/C=C/[C@@]1(C)SC(=O)C=C1O. The van der Waals surface area contributed by atoms with E-state index in [0.29, 0.717) is 0 Å². The molecule has 1 atom stereocenters. The van der Waals surface area contributed by atoms with E-state index in [2.05, 4.69) is 0 Å². The minimum absolute atomic E-state index is 0.0925. The molecule has 13 heavy (non-hydrogen) atoms. The van der Waals surface area contributed by atoms with Gasteiger partial charge in [-0.2, -0.15) is 0 Å². The molecule has 1 rings (SSSR count). The summed E-state index contributed by atoms with van der Waals surface area (Å²) < 4.78 is -0.573. The first kappa shape index (κ1) is 10.1. The molecule has 0 aromatic heterocycles. The molecule has 0 aromatic carbocycles. The average Bonchev–Trinajstić information content (AvgIpc) is 2.27. The fourth-order valence-corrected chi connectivity index (χ4v) is 1.91. The summed E-state index contributed by atoms with van der Waals surface area (Å²) in [6.07, 6.45) is 8.67. The van der Waals surface area contributed by atoms with Gasteiger partial charge in [0.25, 0.3) is 0 Å². The molecule has 0 aromatic rings. The third-order valence-electron chi connectivity index (χ3n) is 1.79. The van der Waals surface area contributed by atoms with Gasteiger partial charge in [-0.1, -0.05) is 36.1 Å². The predicted octanol–water partition coefficient (Wildman–Crippen LogP) is 2.59. The van der Waals surface area contributed by atoms with Crippen LogP contribution in [-0.2, 0) is 4.79 Å². The lowest BCUT2D eigenvalue weighted by Gasteiger charge is -2.16. The first-order valence-corrected chi connectivity index (χ1v) is 4.85. The number of carbonyl (C=O) groups is 1. The lowest BCUT2D eigenvalue weighted by molar-refractivity contribution is -0.106. The van der Waals surface area contributed by atoms with Crippen LogP contribution < -0.4 is 0 Å². The zero-order valence-electron chi connectivity index (χ0n) is 7.65. The Morgan fingerprint density at radius 3 is 2.69 bits per heavy atom. The molecule has 0 spiro atoms. The Morgan fingerprint density at radius 2 is 2.23 bits per heavy atom. The summed E-state index contributed by atoms with van der Waals surface area (Å²) >= 11 is 1.12. The van der Waals surface area contributed by atoms with Crippen LogP contribution in [0.4, 0.5) is 0 Å². The molecule has 1 aliphatic heterocycles. The Hall–Kier alpha value is -0.960. The maximum absolute atomic E-state index is 11.0. The molecule has 0 radical (unpaired) electrons. The molecule has 0 unspecified atom stereocenters. The highest BCUT2D eigenvalue weighted by Gasteiger charge is 2.35. The first-order chi connectivity index (χ1) is 6.08. The molecule has 3 heteroatoms. The number of hydrogen-bond acceptors (Lipinski definition) is 3. The van der Waals surface area contributed by atoms with Gasteiger partial charge in [0, 0.05) is 6.08 Å². The minimum atomic E-state index is -0.573. The van der Waals surface area contributed by atoms with E-state index in [1.54, 1.807) is 0 Å².